The standard InChI is InChI=1S/C16H27N/c1-2-4-10-8-15(10)17-16-9-11-7-14(16)13-6-3-5-12(11)13/h10-17H,2-9H2,1H3. The minimum atomic E-state index is 0.916. The molecule has 0 aromatic rings. The van der Waals surface area contributed by atoms with Crippen molar-refractivity contribution in [3.05, 3.63) is 0 Å². The molecule has 0 spiro atoms. The van der Waals surface area contributed by atoms with Crippen molar-refractivity contribution in [2.75, 3.05) is 0 Å². The van der Waals surface area contributed by atoms with Crippen LogP contribution in [0.1, 0.15) is 58.3 Å². The van der Waals surface area contributed by atoms with Crippen LogP contribution in [-0.4, -0.2) is 12.1 Å². The quantitative estimate of drug-likeness (QED) is 0.782. The Morgan fingerprint density at radius 1 is 0.941 bits per heavy atom. The zero-order valence-electron chi connectivity index (χ0n) is 11.2. The van der Waals surface area contributed by atoms with Gasteiger partial charge < -0.3 is 5.32 Å². The fraction of sp³-hybridized carbons (Fsp3) is 1.00. The fourth-order valence-corrected chi connectivity index (χ4v) is 5.68. The number of rotatable bonds is 4. The van der Waals surface area contributed by atoms with E-state index in [9.17, 15) is 0 Å². The molecule has 4 aliphatic rings. The number of nitrogens with one attached hydrogen (secondary N) is 1. The van der Waals surface area contributed by atoms with Gasteiger partial charge in [-0.05, 0) is 68.1 Å². The van der Waals surface area contributed by atoms with E-state index in [1.807, 2.05) is 0 Å². The Labute approximate surface area is 106 Å². The van der Waals surface area contributed by atoms with Crippen molar-refractivity contribution in [1.29, 1.82) is 0 Å². The van der Waals surface area contributed by atoms with Gasteiger partial charge in [-0.25, -0.2) is 0 Å². The molecule has 4 fully saturated rings. The molecule has 7 unspecified atom stereocenters. The first-order chi connectivity index (χ1) is 8.36. The second-order valence-electron chi connectivity index (χ2n) is 7.32. The monoisotopic (exact) mass is 233 g/mol. The molecule has 7 atom stereocenters. The van der Waals surface area contributed by atoms with Gasteiger partial charge in [0.25, 0.3) is 0 Å². The van der Waals surface area contributed by atoms with E-state index in [0.717, 1.165) is 41.7 Å². The van der Waals surface area contributed by atoms with E-state index in [2.05, 4.69) is 12.2 Å². The van der Waals surface area contributed by atoms with Gasteiger partial charge in [0, 0.05) is 12.1 Å². The molecular weight excluding hydrogens is 206 g/mol. The second kappa shape index (κ2) is 3.98. The largest absolute Gasteiger partial charge is 0.311 e. The maximum atomic E-state index is 4.03. The summed E-state index contributed by atoms with van der Waals surface area (Å²) in [6.07, 6.45) is 12.1. The summed E-state index contributed by atoms with van der Waals surface area (Å²) in [5.41, 5.74) is 0. The average Bonchev–Trinajstić information content (AvgIpc) is 2.73. The van der Waals surface area contributed by atoms with Crippen LogP contribution >= 0.6 is 0 Å². The molecule has 1 N–H and O–H groups in total. The zero-order chi connectivity index (χ0) is 11.4. The van der Waals surface area contributed by atoms with Crippen LogP contribution in [0, 0.1) is 29.6 Å². The summed E-state index contributed by atoms with van der Waals surface area (Å²) in [5, 5.41) is 4.03. The molecule has 0 aromatic heterocycles. The summed E-state index contributed by atoms with van der Waals surface area (Å²) < 4.78 is 0. The minimum absolute atomic E-state index is 0.916. The van der Waals surface area contributed by atoms with Gasteiger partial charge in [-0.1, -0.05) is 19.8 Å². The molecule has 4 saturated carbocycles. The predicted molar refractivity (Wildman–Crippen MR) is 70.8 cm³/mol. The van der Waals surface area contributed by atoms with E-state index in [0.29, 0.717) is 0 Å². The van der Waals surface area contributed by atoms with Gasteiger partial charge in [0.1, 0.15) is 0 Å². The summed E-state index contributed by atoms with van der Waals surface area (Å²) in [5.74, 6) is 5.53. The molecule has 4 rings (SSSR count). The lowest BCUT2D eigenvalue weighted by Gasteiger charge is -2.32. The highest BCUT2D eigenvalue weighted by Gasteiger charge is 2.54. The molecule has 96 valence electrons. The average molecular weight is 233 g/mol. The molecule has 0 amide bonds. The lowest BCUT2D eigenvalue weighted by atomic mass is 9.79. The van der Waals surface area contributed by atoms with Crippen molar-refractivity contribution in [2.24, 2.45) is 29.6 Å². The van der Waals surface area contributed by atoms with Crippen LogP contribution in [0.25, 0.3) is 0 Å². The highest BCUT2D eigenvalue weighted by molar-refractivity contribution is 5.07. The second-order valence-corrected chi connectivity index (χ2v) is 7.32. The Hall–Kier alpha value is -0.0400. The number of fused-ring (bicyclic) bond motifs is 5. The van der Waals surface area contributed by atoms with E-state index in [4.69, 9.17) is 0 Å². The molecule has 0 aliphatic heterocycles. The molecule has 0 heterocycles. The molecule has 2 bridgehead atoms. The number of hydrogen-bond acceptors (Lipinski definition) is 1. The minimum Gasteiger partial charge on any atom is -0.311 e. The molecule has 1 nitrogen and oxygen atoms in total. The molecule has 4 aliphatic carbocycles. The Morgan fingerprint density at radius 2 is 1.82 bits per heavy atom. The number of hydrogen-bond donors (Lipinski definition) is 1. The highest BCUT2D eigenvalue weighted by atomic mass is 15.0. The summed E-state index contributed by atoms with van der Waals surface area (Å²) in [6, 6.07) is 1.84. The smallest absolute Gasteiger partial charge is 0.0104 e. The lowest BCUT2D eigenvalue weighted by Crippen LogP contribution is -2.40. The van der Waals surface area contributed by atoms with Crippen LogP contribution in [0.15, 0.2) is 0 Å². The maximum absolute atomic E-state index is 4.03. The molecule has 1 heteroatoms. The summed E-state index contributed by atoms with van der Waals surface area (Å²) >= 11 is 0. The van der Waals surface area contributed by atoms with E-state index >= 15 is 0 Å². The predicted octanol–water partition coefficient (Wildman–Crippen LogP) is 3.59. The topological polar surface area (TPSA) is 12.0 Å². The Kier molecular flexibility index (Phi) is 2.54. The Balaban J connectivity index is 1.36. The Bertz CT molecular complexity index is 300. The van der Waals surface area contributed by atoms with Gasteiger partial charge in [-0.2, -0.15) is 0 Å². The van der Waals surface area contributed by atoms with Crippen LogP contribution in [0.2, 0.25) is 0 Å². The van der Waals surface area contributed by atoms with Crippen molar-refractivity contribution in [2.45, 2.75) is 70.4 Å². The van der Waals surface area contributed by atoms with Gasteiger partial charge in [-0.15, -0.1) is 0 Å². The lowest BCUT2D eigenvalue weighted by molar-refractivity contribution is 0.206. The van der Waals surface area contributed by atoms with Crippen LogP contribution in [0.4, 0.5) is 0 Å². The van der Waals surface area contributed by atoms with E-state index < -0.39 is 0 Å². The van der Waals surface area contributed by atoms with Crippen molar-refractivity contribution < 1.29 is 0 Å². The molecule has 0 aromatic carbocycles. The third kappa shape index (κ3) is 1.69. The van der Waals surface area contributed by atoms with Crippen molar-refractivity contribution in [3.8, 4) is 0 Å². The maximum Gasteiger partial charge on any atom is 0.0104 e. The third-order valence-electron chi connectivity index (χ3n) is 6.44. The third-order valence-corrected chi connectivity index (χ3v) is 6.44. The summed E-state index contributed by atoms with van der Waals surface area (Å²) in [6.45, 7) is 2.33. The molecular formula is C16H27N. The zero-order valence-corrected chi connectivity index (χ0v) is 11.2. The summed E-state index contributed by atoms with van der Waals surface area (Å²) in [7, 11) is 0. The Morgan fingerprint density at radius 3 is 2.71 bits per heavy atom. The van der Waals surface area contributed by atoms with Gasteiger partial charge in [-0.3, -0.25) is 0 Å². The van der Waals surface area contributed by atoms with E-state index in [1.54, 1.807) is 19.3 Å². The van der Waals surface area contributed by atoms with Gasteiger partial charge in [0.15, 0.2) is 0 Å². The first-order valence-corrected chi connectivity index (χ1v) is 8.13. The van der Waals surface area contributed by atoms with Crippen LogP contribution in [-0.2, 0) is 0 Å². The van der Waals surface area contributed by atoms with Crippen LogP contribution < -0.4 is 5.32 Å². The van der Waals surface area contributed by atoms with Crippen LogP contribution in [0.5, 0.6) is 0 Å². The fourth-order valence-electron chi connectivity index (χ4n) is 5.68. The molecule has 0 radical (unpaired) electrons. The van der Waals surface area contributed by atoms with Gasteiger partial charge in [0.05, 0.1) is 0 Å². The van der Waals surface area contributed by atoms with E-state index in [-0.39, 0.29) is 0 Å². The normalized spacial score (nSPS) is 55.2. The molecule has 17 heavy (non-hydrogen) atoms. The SMILES string of the molecule is CCCC1CC1NC1CC2CC1C1CCCC21. The highest BCUT2D eigenvalue weighted by Crippen LogP contribution is 2.59. The van der Waals surface area contributed by atoms with Crippen molar-refractivity contribution in [3.63, 3.8) is 0 Å². The van der Waals surface area contributed by atoms with Crippen LogP contribution in [0.3, 0.4) is 0 Å². The van der Waals surface area contributed by atoms with Gasteiger partial charge in [0.2, 0.25) is 0 Å². The van der Waals surface area contributed by atoms with Gasteiger partial charge >= 0.3 is 0 Å². The van der Waals surface area contributed by atoms with Crippen molar-refractivity contribution >= 4 is 0 Å². The molecule has 0 saturated heterocycles. The first kappa shape index (κ1) is 10.8. The van der Waals surface area contributed by atoms with E-state index in [1.165, 1.54) is 32.1 Å². The van der Waals surface area contributed by atoms with Crippen molar-refractivity contribution in [1.82, 2.24) is 5.32 Å². The summed E-state index contributed by atoms with van der Waals surface area (Å²) in [4.78, 5) is 0. The first-order valence-electron chi connectivity index (χ1n) is 8.13.